The Labute approximate surface area is 113 Å². The molecule has 0 bridgehead atoms. The van der Waals surface area contributed by atoms with Crippen LogP contribution >= 0.6 is 10.8 Å². The standard InChI is InChI=1S/C11H22N2O3S2/c1-2-10(9-6-4-3-5-7-9)13-11(12)8-17-18(14,15)16/h9-10H,2-8H2,1H3,(H2,12,13)(H,14,15,16). The first-order valence-corrected chi connectivity index (χ1v) is 9.30. The van der Waals surface area contributed by atoms with Crippen molar-refractivity contribution in [3.8, 4) is 0 Å². The molecule has 5 nitrogen and oxygen atoms in total. The van der Waals surface area contributed by atoms with Gasteiger partial charge in [-0.2, -0.15) is 8.42 Å². The molecule has 18 heavy (non-hydrogen) atoms. The lowest BCUT2D eigenvalue weighted by molar-refractivity contribution is 0.301. The lowest BCUT2D eigenvalue weighted by Gasteiger charge is -2.27. The Morgan fingerprint density at radius 1 is 1.44 bits per heavy atom. The summed E-state index contributed by atoms with van der Waals surface area (Å²) >= 11 is 0. The molecule has 3 N–H and O–H groups in total. The largest absolute Gasteiger partial charge is 0.387 e. The lowest BCUT2D eigenvalue weighted by Crippen LogP contribution is -2.26. The van der Waals surface area contributed by atoms with Crippen molar-refractivity contribution in [2.45, 2.75) is 51.5 Å². The van der Waals surface area contributed by atoms with Gasteiger partial charge < -0.3 is 5.73 Å². The van der Waals surface area contributed by atoms with Gasteiger partial charge >= 0.3 is 9.15 Å². The van der Waals surface area contributed by atoms with Crippen LogP contribution in [0.1, 0.15) is 45.4 Å². The summed E-state index contributed by atoms with van der Waals surface area (Å²) in [4.78, 5) is 4.42. The van der Waals surface area contributed by atoms with Crippen molar-refractivity contribution in [3.05, 3.63) is 0 Å². The fourth-order valence-corrected chi connectivity index (χ4v) is 3.59. The zero-order valence-corrected chi connectivity index (χ0v) is 12.3. The number of nitrogens with zero attached hydrogens (tertiary/aromatic N) is 1. The molecule has 0 aliphatic heterocycles. The molecule has 1 aliphatic carbocycles. The third-order valence-electron chi connectivity index (χ3n) is 3.30. The first kappa shape index (κ1) is 15.8. The van der Waals surface area contributed by atoms with E-state index in [0.717, 1.165) is 6.42 Å². The maximum Gasteiger partial charge on any atom is 0.320 e. The molecule has 0 saturated heterocycles. The molecule has 0 aromatic carbocycles. The SMILES string of the molecule is CCC(N=C(N)CSS(=O)(=O)O)C1CCCCC1. The Hall–Kier alpha value is -0.270. The van der Waals surface area contributed by atoms with Crippen molar-refractivity contribution in [1.29, 1.82) is 0 Å². The molecule has 1 fully saturated rings. The van der Waals surface area contributed by atoms with E-state index in [4.69, 9.17) is 10.3 Å². The zero-order valence-electron chi connectivity index (χ0n) is 10.7. The average Bonchev–Trinajstić information content (AvgIpc) is 2.33. The Balaban J connectivity index is 2.53. The van der Waals surface area contributed by atoms with Crippen LogP contribution in [-0.2, 0) is 9.15 Å². The Morgan fingerprint density at radius 3 is 2.56 bits per heavy atom. The first-order chi connectivity index (χ1) is 8.42. The molecule has 0 aromatic heterocycles. The Bertz CT molecular complexity index is 376. The molecule has 0 amide bonds. The maximum atomic E-state index is 10.6. The van der Waals surface area contributed by atoms with Gasteiger partial charge in [0.1, 0.15) is 5.84 Å². The van der Waals surface area contributed by atoms with E-state index in [0.29, 0.717) is 22.5 Å². The van der Waals surface area contributed by atoms with Gasteiger partial charge in [0.2, 0.25) is 0 Å². The topological polar surface area (TPSA) is 92.8 Å². The van der Waals surface area contributed by atoms with E-state index in [1.165, 1.54) is 32.1 Å². The smallest absolute Gasteiger partial charge is 0.320 e. The summed E-state index contributed by atoms with van der Waals surface area (Å²) < 4.78 is 29.8. The van der Waals surface area contributed by atoms with Gasteiger partial charge in [0, 0.05) is 10.8 Å². The highest BCUT2D eigenvalue weighted by atomic mass is 33.1. The van der Waals surface area contributed by atoms with Crippen molar-refractivity contribution in [3.63, 3.8) is 0 Å². The van der Waals surface area contributed by atoms with Crippen LogP contribution in [0.15, 0.2) is 4.99 Å². The summed E-state index contributed by atoms with van der Waals surface area (Å²) in [6, 6.07) is 0.187. The molecular formula is C11H22N2O3S2. The van der Waals surface area contributed by atoms with E-state index in [1.807, 2.05) is 0 Å². The monoisotopic (exact) mass is 294 g/mol. The molecule has 0 radical (unpaired) electrons. The van der Waals surface area contributed by atoms with E-state index in [1.54, 1.807) is 0 Å². The molecule has 0 spiro atoms. The highest BCUT2D eigenvalue weighted by Gasteiger charge is 2.22. The van der Waals surface area contributed by atoms with Crippen LogP contribution in [0.4, 0.5) is 0 Å². The van der Waals surface area contributed by atoms with Crippen molar-refractivity contribution in [2.75, 3.05) is 5.75 Å². The maximum absolute atomic E-state index is 10.6. The van der Waals surface area contributed by atoms with Gasteiger partial charge in [-0.05, 0) is 25.2 Å². The van der Waals surface area contributed by atoms with Gasteiger partial charge in [-0.3, -0.25) is 9.55 Å². The van der Waals surface area contributed by atoms with E-state index in [2.05, 4.69) is 11.9 Å². The molecule has 1 rings (SSSR count). The summed E-state index contributed by atoms with van der Waals surface area (Å²) in [6.45, 7) is 2.08. The molecule has 1 saturated carbocycles. The highest BCUT2D eigenvalue weighted by molar-refractivity contribution is 8.70. The summed E-state index contributed by atoms with van der Waals surface area (Å²) in [5, 5.41) is 0. The van der Waals surface area contributed by atoms with Crippen LogP contribution in [0.3, 0.4) is 0 Å². The summed E-state index contributed by atoms with van der Waals surface area (Å²) in [5.41, 5.74) is 5.72. The second-order valence-corrected chi connectivity index (χ2v) is 8.03. The average molecular weight is 294 g/mol. The van der Waals surface area contributed by atoms with Gasteiger partial charge in [-0.25, -0.2) is 0 Å². The van der Waals surface area contributed by atoms with Crippen molar-refractivity contribution >= 4 is 25.8 Å². The van der Waals surface area contributed by atoms with Crippen LogP contribution in [0.25, 0.3) is 0 Å². The predicted molar refractivity (Wildman–Crippen MR) is 76.3 cm³/mol. The predicted octanol–water partition coefficient (Wildman–Crippen LogP) is 2.24. The van der Waals surface area contributed by atoms with Crippen molar-refractivity contribution < 1.29 is 13.0 Å². The summed E-state index contributed by atoms with van der Waals surface area (Å²) in [7, 11) is -3.62. The summed E-state index contributed by atoms with van der Waals surface area (Å²) in [5.74, 6) is 0.898. The molecule has 7 heteroatoms. The van der Waals surface area contributed by atoms with Gasteiger partial charge in [0.05, 0.1) is 11.8 Å². The third-order valence-corrected chi connectivity index (χ3v) is 5.26. The second-order valence-electron chi connectivity index (χ2n) is 4.68. The number of aliphatic imine (C=N–C) groups is 1. The van der Waals surface area contributed by atoms with Crippen LogP contribution in [0.5, 0.6) is 0 Å². The minimum absolute atomic E-state index is 0.0298. The van der Waals surface area contributed by atoms with Crippen molar-refractivity contribution in [2.24, 2.45) is 16.6 Å². The normalized spacial score (nSPS) is 20.9. The zero-order chi connectivity index (χ0) is 13.6. The van der Waals surface area contributed by atoms with Gasteiger partial charge in [-0.15, -0.1) is 0 Å². The molecular weight excluding hydrogens is 272 g/mol. The fourth-order valence-electron chi connectivity index (χ4n) is 2.43. The Morgan fingerprint density at radius 2 is 2.06 bits per heavy atom. The highest BCUT2D eigenvalue weighted by Crippen LogP contribution is 2.29. The molecule has 1 atom stereocenters. The Kier molecular flexibility index (Phi) is 6.45. The van der Waals surface area contributed by atoms with Crippen LogP contribution in [0.2, 0.25) is 0 Å². The minimum atomic E-state index is -4.03. The number of amidine groups is 1. The van der Waals surface area contributed by atoms with E-state index < -0.39 is 9.15 Å². The number of nitrogens with two attached hydrogens (primary N) is 1. The number of hydrogen-bond acceptors (Lipinski definition) is 4. The van der Waals surface area contributed by atoms with E-state index in [-0.39, 0.29) is 11.8 Å². The number of rotatable bonds is 6. The number of hydrogen-bond donors (Lipinski definition) is 2. The minimum Gasteiger partial charge on any atom is -0.387 e. The lowest BCUT2D eigenvalue weighted by atomic mass is 9.83. The van der Waals surface area contributed by atoms with E-state index >= 15 is 0 Å². The van der Waals surface area contributed by atoms with Crippen molar-refractivity contribution in [1.82, 2.24) is 0 Å². The van der Waals surface area contributed by atoms with Crippen LogP contribution in [0, 0.1) is 5.92 Å². The summed E-state index contributed by atoms with van der Waals surface area (Å²) in [6.07, 6.45) is 7.07. The molecule has 1 unspecified atom stereocenters. The molecule has 0 heterocycles. The molecule has 1 aliphatic rings. The van der Waals surface area contributed by atoms with Crippen LogP contribution in [-0.4, -0.2) is 30.6 Å². The van der Waals surface area contributed by atoms with Crippen LogP contribution < -0.4 is 5.73 Å². The molecule has 0 aromatic rings. The van der Waals surface area contributed by atoms with Gasteiger partial charge in [0.25, 0.3) is 0 Å². The fraction of sp³-hybridized carbons (Fsp3) is 0.909. The van der Waals surface area contributed by atoms with Gasteiger partial charge in [-0.1, -0.05) is 26.2 Å². The second kappa shape index (κ2) is 7.35. The third kappa shape index (κ3) is 6.06. The molecule has 106 valence electrons. The van der Waals surface area contributed by atoms with E-state index in [9.17, 15) is 8.42 Å². The first-order valence-electron chi connectivity index (χ1n) is 6.36. The quantitative estimate of drug-likeness (QED) is 0.339. The van der Waals surface area contributed by atoms with Gasteiger partial charge in [0.15, 0.2) is 0 Å².